The van der Waals surface area contributed by atoms with E-state index in [1.165, 1.54) is 4.88 Å². The van der Waals surface area contributed by atoms with Gasteiger partial charge in [0.2, 0.25) is 0 Å². The predicted molar refractivity (Wildman–Crippen MR) is 66.2 cm³/mol. The normalized spacial score (nSPS) is 20.3. The van der Waals surface area contributed by atoms with Crippen molar-refractivity contribution in [1.29, 1.82) is 0 Å². The Labute approximate surface area is 105 Å². The minimum atomic E-state index is -0.742. The zero-order valence-electron chi connectivity index (χ0n) is 9.87. The molecule has 0 aromatic carbocycles. The van der Waals surface area contributed by atoms with Crippen LogP contribution in [0.2, 0.25) is 0 Å². The van der Waals surface area contributed by atoms with Crippen LogP contribution in [0.4, 0.5) is 0 Å². The molecular weight excluding hydrogens is 238 g/mol. The van der Waals surface area contributed by atoms with Crippen molar-refractivity contribution in [3.05, 3.63) is 16.6 Å². The zero-order chi connectivity index (χ0) is 12.3. The molecule has 0 spiro atoms. The van der Waals surface area contributed by atoms with Gasteiger partial charge in [0.15, 0.2) is 0 Å². The number of aliphatic carboxylic acids is 1. The zero-order valence-corrected chi connectivity index (χ0v) is 10.7. The van der Waals surface area contributed by atoms with Crippen molar-refractivity contribution in [3.8, 4) is 0 Å². The number of aromatic nitrogens is 1. The van der Waals surface area contributed by atoms with Crippen molar-refractivity contribution >= 4 is 17.3 Å². The standard InChI is InChI=1S/C11H17N3O2S/c1-9(10-6-12-8-17-10)14-4-2-13(3-5-14)7-11(15)16/h6,8-9H,2-5,7H2,1H3,(H,15,16). The van der Waals surface area contributed by atoms with Gasteiger partial charge in [-0.25, -0.2) is 0 Å². The van der Waals surface area contributed by atoms with Crippen LogP contribution < -0.4 is 0 Å². The Morgan fingerprint density at radius 1 is 1.53 bits per heavy atom. The first-order valence-electron chi connectivity index (χ1n) is 5.73. The van der Waals surface area contributed by atoms with Crippen LogP contribution in [0.15, 0.2) is 11.7 Å². The third-order valence-corrected chi connectivity index (χ3v) is 4.12. The molecular formula is C11H17N3O2S. The fourth-order valence-electron chi connectivity index (χ4n) is 2.11. The lowest BCUT2D eigenvalue weighted by atomic mass is 10.2. The second-order valence-corrected chi connectivity index (χ2v) is 5.20. The molecule has 1 aliphatic rings. The van der Waals surface area contributed by atoms with Gasteiger partial charge in [0.25, 0.3) is 0 Å². The quantitative estimate of drug-likeness (QED) is 0.866. The third-order valence-electron chi connectivity index (χ3n) is 3.18. The highest BCUT2D eigenvalue weighted by atomic mass is 32.1. The molecule has 1 N–H and O–H groups in total. The summed E-state index contributed by atoms with van der Waals surface area (Å²) in [4.78, 5) is 20.3. The highest BCUT2D eigenvalue weighted by Gasteiger charge is 2.23. The van der Waals surface area contributed by atoms with Crippen LogP contribution >= 0.6 is 11.3 Å². The van der Waals surface area contributed by atoms with Crippen molar-refractivity contribution in [2.24, 2.45) is 0 Å². The molecule has 0 radical (unpaired) electrons. The summed E-state index contributed by atoms with van der Waals surface area (Å²) in [6.07, 6.45) is 1.92. The van der Waals surface area contributed by atoms with E-state index in [-0.39, 0.29) is 6.54 Å². The van der Waals surface area contributed by atoms with E-state index in [2.05, 4.69) is 16.8 Å². The van der Waals surface area contributed by atoms with Gasteiger partial charge in [0.05, 0.1) is 12.1 Å². The SMILES string of the molecule is CC(c1cncs1)N1CCN(CC(=O)O)CC1. The third kappa shape index (κ3) is 3.24. The molecule has 6 heteroatoms. The topological polar surface area (TPSA) is 56.7 Å². The van der Waals surface area contributed by atoms with Gasteiger partial charge in [0.1, 0.15) is 0 Å². The molecule has 94 valence electrons. The van der Waals surface area contributed by atoms with E-state index in [1.807, 2.05) is 16.6 Å². The summed E-state index contributed by atoms with van der Waals surface area (Å²) in [7, 11) is 0. The van der Waals surface area contributed by atoms with Gasteiger partial charge in [-0.05, 0) is 6.92 Å². The first-order chi connectivity index (χ1) is 8.16. The van der Waals surface area contributed by atoms with Gasteiger partial charge in [-0.2, -0.15) is 0 Å². The summed E-state index contributed by atoms with van der Waals surface area (Å²) in [5, 5.41) is 8.73. The van der Waals surface area contributed by atoms with Crippen molar-refractivity contribution in [2.75, 3.05) is 32.7 Å². The minimum absolute atomic E-state index is 0.156. The van der Waals surface area contributed by atoms with Crippen LogP contribution in [-0.2, 0) is 4.79 Å². The van der Waals surface area contributed by atoms with E-state index < -0.39 is 5.97 Å². The molecule has 1 atom stereocenters. The molecule has 0 aliphatic carbocycles. The average molecular weight is 255 g/mol. The van der Waals surface area contributed by atoms with E-state index in [1.54, 1.807) is 11.3 Å². The highest BCUT2D eigenvalue weighted by Crippen LogP contribution is 2.24. The number of rotatable bonds is 4. The molecule has 17 heavy (non-hydrogen) atoms. The molecule has 0 amide bonds. The summed E-state index contributed by atoms with van der Waals surface area (Å²) < 4.78 is 0. The molecule has 1 saturated heterocycles. The van der Waals surface area contributed by atoms with Crippen LogP contribution in [0.5, 0.6) is 0 Å². The van der Waals surface area contributed by atoms with Crippen LogP contribution in [0.3, 0.4) is 0 Å². The number of thiazole rings is 1. The minimum Gasteiger partial charge on any atom is -0.480 e. The monoisotopic (exact) mass is 255 g/mol. The Balaban J connectivity index is 1.84. The molecule has 1 fully saturated rings. The van der Waals surface area contributed by atoms with E-state index >= 15 is 0 Å². The molecule has 1 aromatic heterocycles. The number of hydrogen-bond donors (Lipinski definition) is 1. The maximum Gasteiger partial charge on any atom is 0.317 e. The molecule has 5 nitrogen and oxygen atoms in total. The van der Waals surface area contributed by atoms with Gasteiger partial charge in [0, 0.05) is 43.3 Å². The van der Waals surface area contributed by atoms with Gasteiger partial charge < -0.3 is 5.11 Å². The predicted octanol–water partition coefficient (Wildman–Crippen LogP) is 0.906. The summed E-state index contributed by atoms with van der Waals surface area (Å²) in [6.45, 7) is 5.84. The number of piperazine rings is 1. The Morgan fingerprint density at radius 2 is 2.24 bits per heavy atom. The Morgan fingerprint density at radius 3 is 2.76 bits per heavy atom. The van der Waals surface area contributed by atoms with Gasteiger partial charge in [-0.3, -0.25) is 19.6 Å². The van der Waals surface area contributed by atoms with Crippen molar-refractivity contribution in [3.63, 3.8) is 0 Å². The summed E-state index contributed by atoms with van der Waals surface area (Å²) in [6, 6.07) is 0.384. The largest absolute Gasteiger partial charge is 0.480 e. The summed E-state index contributed by atoms with van der Waals surface area (Å²) >= 11 is 1.68. The fourth-order valence-corrected chi connectivity index (χ4v) is 2.82. The first kappa shape index (κ1) is 12.5. The van der Waals surface area contributed by atoms with Crippen LogP contribution in [-0.4, -0.2) is 58.6 Å². The second-order valence-electron chi connectivity index (χ2n) is 4.29. The van der Waals surface area contributed by atoms with Gasteiger partial charge in [-0.15, -0.1) is 11.3 Å². The molecule has 2 heterocycles. The van der Waals surface area contributed by atoms with E-state index in [4.69, 9.17) is 5.11 Å². The molecule has 1 unspecified atom stereocenters. The first-order valence-corrected chi connectivity index (χ1v) is 6.61. The van der Waals surface area contributed by atoms with E-state index in [9.17, 15) is 4.79 Å². The number of carboxylic acid groups (broad SMARTS) is 1. The Kier molecular flexibility index (Phi) is 4.09. The van der Waals surface area contributed by atoms with Crippen molar-refractivity contribution in [2.45, 2.75) is 13.0 Å². The molecule has 0 saturated carbocycles. The average Bonchev–Trinajstić information content (AvgIpc) is 2.82. The lowest BCUT2D eigenvalue weighted by molar-refractivity contribution is -0.138. The van der Waals surface area contributed by atoms with Crippen LogP contribution in [0, 0.1) is 0 Å². The molecule has 0 bridgehead atoms. The van der Waals surface area contributed by atoms with Gasteiger partial charge in [-0.1, -0.05) is 0 Å². The molecule has 1 aromatic rings. The smallest absolute Gasteiger partial charge is 0.317 e. The van der Waals surface area contributed by atoms with Gasteiger partial charge >= 0.3 is 5.97 Å². The summed E-state index contributed by atoms with van der Waals surface area (Å²) in [5.74, 6) is -0.742. The second kappa shape index (κ2) is 5.57. The highest BCUT2D eigenvalue weighted by molar-refractivity contribution is 7.09. The Hall–Kier alpha value is -0.980. The van der Waals surface area contributed by atoms with Crippen molar-refractivity contribution < 1.29 is 9.90 Å². The number of hydrogen-bond acceptors (Lipinski definition) is 5. The molecule has 2 rings (SSSR count). The lowest BCUT2D eigenvalue weighted by Gasteiger charge is -2.36. The molecule has 1 aliphatic heterocycles. The Bertz CT molecular complexity index is 361. The van der Waals surface area contributed by atoms with Crippen LogP contribution in [0.1, 0.15) is 17.8 Å². The van der Waals surface area contributed by atoms with Crippen molar-refractivity contribution in [1.82, 2.24) is 14.8 Å². The fraction of sp³-hybridized carbons (Fsp3) is 0.636. The number of nitrogens with zero attached hydrogens (tertiary/aromatic N) is 3. The number of carbonyl (C=O) groups is 1. The maximum atomic E-state index is 10.6. The maximum absolute atomic E-state index is 10.6. The van der Waals surface area contributed by atoms with E-state index in [0.29, 0.717) is 6.04 Å². The van der Waals surface area contributed by atoms with Crippen LogP contribution in [0.25, 0.3) is 0 Å². The summed E-state index contributed by atoms with van der Waals surface area (Å²) in [5.41, 5.74) is 1.85. The lowest BCUT2D eigenvalue weighted by Crippen LogP contribution is -2.48. The van der Waals surface area contributed by atoms with E-state index in [0.717, 1.165) is 26.2 Å². The number of carboxylic acids is 1.